The van der Waals surface area contributed by atoms with E-state index >= 15 is 0 Å². The second-order valence-corrected chi connectivity index (χ2v) is 7.88. The Labute approximate surface area is 157 Å². The monoisotopic (exact) mass is 361 g/mol. The molecule has 0 bridgehead atoms. The van der Waals surface area contributed by atoms with Gasteiger partial charge in [0.25, 0.3) is 0 Å². The molecule has 1 aliphatic carbocycles. The molecule has 7 heteroatoms. The van der Waals surface area contributed by atoms with Gasteiger partial charge in [0, 0.05) is 40.3 Å². The maximum atomic E-state index is 4.46. The minimum absolute atomic E-state index is 0.636. The standard InChI is InChI=1S/C19H35N7/c1-20-19(24(2)14-18-22-15-23-25(18)3)21-12-17-10-7-11-26(17)13-16-8-5-4-6-9-16/h15-17H,4-14H2,1-3H3,(H,20,21). The highest BCUT2D eigenvalue weighted by atomic mass is 15.4. The molecule has 1 atom stereocenters. The molecule has 2 heterocycles. The predicted molar refractivity (Wildman–Crippen MR) is 105 cm³/mol. The molecule has 146 valence electrons. The first-order chi connectivity index (χ1) is 12.7. The van der Waals surface area contributed by atoms with Crippen molar-refractivity contribution >= 4 is 5.96 Å². The van der Waals surface area contributed by atoms with Crippen molar-refractivity contribution in [2.24, 2.45) is 18.0 Å². The molecule has 3 rings (SSSR count). The number of aryl methyl sites for hydroxylation is 1. The van der Waals surface area contributed by atoms with Crippen LogP contribution in [0.5, 0.6) is 0 Å². The van der Waals surface area contributed by atoms with Crippen molar-refractivity contribution in [3.63, 3.8) is 0 Å². The first-order valence-electron chi connectivity index (χ1n) is 10.2. The summed E-state index contributed by atoms with van der Waals surface area (Å²) in [5, 5.41) is 7.73. The number of guanidine groups is 1. The van der Waals surface area contributed by atoms with Gasteiger partial charge in [0.05, 0.1) is 6.54 Å². The first kappa shape index (κ1) is 19.1. The Morgan fingerprint density at radius 1 is 1.27 bits per heavy atom. The number of hydrogen-bond donors (Lipinski definition) is 1. The normalized spacial score (nSPS) is 22.7. The lowest BCUT2D eigenvalue weighted by Crippen LogP contribution is -2.46. The summed E-state index contributed by atoms with van der Waals surface area (Å²) >= 11 is 0. The number of rotatable bonds is 6. The molecule has 0 amide bonds. The molecule has 0 aromatic carbocycles. The van der Waals surface area contributed by atoms with E-state index in [9.17, 15) is 0 Å². The zero-order valence-electron chi connectivity index (χ0n) is 16.7. The average molecular weight is 362 g/mol. The molecular formula is C19H35N7. The Morgan fingerprint density at radius 3 is 2.77 bits per heavy atom. The van der Waals surface area contributed by atoms with Crippen LogP contribution in [0.15, 0.2) is 11.3 Å². The summed E-state index contributed by atoms with van der Waals surface area (Å²) in [5.74, 6) is 2.79. The van der Waals surface area contributed by atoms with Crippen molar-refractivity contribution in [1.82, 2.24) is 29.9 Å². The summed E-state index contributed by atoms with van der Waals surface area (Å²) in [5.41, 5.74) is 0. The zero-order chi connectivity index (χ0) is 18.4. The van der Waals surface area contributed by atoms with Crippen molar-refractivity contribution in [3.8, 4) is 0 Å². The van der Waals surface area contributed by atoms with Gasteiger partial charge in [0.1, 0.15) is 12.2 Å². The fraction of sp³-hybridized carbons (Fsp3) is 0.842. The second-order valence-electron chi connectivity index (χ2n) is 7.88. The molecule has 1 aliphatic heterocycles. The quantitative estimate of drug-likeness (QED) is 0.619. The fourth-order valence-corrected chi connectivity index (χ4v) is 4.41. The first-order valence-corrected chi connectivity index (χ1v) is 10.2. The Hall–Kier alpha value is -1.63. The number of hydrogen-bond acceptors (Lipinski definition) is 4. The molecule has 2 aliphatic rings. The van der Waals surface area contributed by atoms with E-state index in [-0.39, 0.29) is 0 Å². The summed E-state index contributed by atoms with van der Waals surface area (Å²) in [6.45, 7) is 4.23. The van der Waals surface area contributed by atoms with Gasteiger partial charge in [-0.1, -0.05) is 19.3 Å². The third-order valence-corrected chi connectivity index (χ3v) is 5.97. The molecule has 1 saturated heterocycles. The molecule has 26 heavy (non-hydrogen) atoms. The summed E-state index contributed by atoms with van der Waals surface area (Å²) in [6, 6.07) is 0.636. The molecule has 0 spiro atoms. The predicted octanol–water partition coefficient (Wildman–Crippen LogP) is 1.87. The van der Waals surface area contributed by atoms with Crippen LogP contribution in [0.1, 0.15) is 50.8 Å². The van der Waals surface area contributed by atoms with E-state index in [1.807, 2.05) is 18.8 Å². The Kier molecular flexibility index (Phi) is 6.88. The van der Waals surface area contributed by atoms with Crippen LogP contribution in [-0.2, 0) is 13.6 Å². The van der Waals surface area contributed by atoms with Gasteiger partial charge < -0.3 is 10.2 Å². The molecule has 1 aromatic rings. The Morgan fingerprint density at radius 2 is 2.08 bits per heavy atom. The lowest BCUT2D eigenvalue weighted by Gasteiger charge is -2.32. The van der Waals surface area contributed by atoms with Gasteiger partial charge in [-0.2, -0.15) is 5.10 Å². The second kappa shape index (κ2) is 9.35. The lowest BCUT2D eigenvalue weighted by atomic mass is 9.89. The summed E-state index contributed by atoms with van der Waals surface area (Å²) in [6.07, 6.45) is 11.4. The van der Waals surface area contributed by atoms with Crippen LogP contribution >= 0.6 is 0 Å². The van der Waals surface area contributed by atoms with Crippen molar-refractivity contribution in [3.05, 3.63) is 12.2 Å². The van der Waals surface area contributed by atoms with E-state index in [0.717, 1.165) is 24.2 Å². The van der Waals surface area contributed by atoms with Gasteiger partial charge >= 0.3 is 0 Å². The highest BCUT2D eigenvalue weighted by Gasteiger charge is 2.27. The van der Waals surface area contributed by atoms with Crippen molar-refractivity contribution in [2.45, 2.75) is 57.5 Å². The third-order valence-electron chi connectivity index (χ3n) is 5.97. The van der Waals surface area contributed by atoms with Crippen LogP contribution in [-0.4, -0.2) is 70.3 Å². The topological polar surface area (TPSA) is 61.6 Å². The van der Waals surface area contributed by atoms with Crippen LogP contribution in [0, 0.1) is 5.92 Å². The van der Waals surface area contributed by atoms with Crippen molar-refractivity contribution in [1.29, 1.82) is 0 Å². The molecule has 1 aromatic heterocycles. The summed E-state index contributed by atoms with van der Waals surface area (Å²) < 4.78 is 1.81. The van der Waals surface area contributed by atoms with E-state index in [1.165, 1.54) is 58.0 Å². The number of aliphatic imine (C=N–C) groups is 1. The van der Waals surface area contributed by atoms with Gasteiger partial charge in [-0.15, -0.1) is 0 Å². The van der Waals surface area contributed by atoms with Crippen molar-refractivity contribution < 1.29 is 0 Å². The fourth-order valence-electron chi connectivity index (χ4n) is 4.41. The number of likely N-dealkylation sites (tertiary alicyclic amines) is 1. The van der Waals surface area contributed by atoms with E-state index in [4.69, 9.17) is 0 Å². The smallest absolute Gasteiger partial charge is 0.193 e. The molecule has 2 fully saturated rings. The maximum absolute atomic E-state index is 4.46. The molecule has 0 radical (unpaired) electrons. The largest absolute Gasteiger partial charge is 0.355 e. The molecule has 7 nitrogen and oxygen atoms in total. The maximum Gasteiger partial charge on any atom is 0.193 e. The molecule has 1 saturated carbocycles. The van der Waals surface area contributed by atoms with Gasteiger partial charge in [0.15, 0.2) is 5.96 Å². The average Bonchev–Trinajstić information content (AvgIpc) is 3.26. The van der Waals surface area contributed by atoms with Crippen LogP contribution in [0.4, 0.5) is 0 Å². The van der Waals surface area contributed by atoms with Gasteiger partial charge in [-0.25, -0.2) is 4.98 Å². The highest BCUT2D eigenvalue weighted by molar-refractivity contribution is 5.79. The Balaban J connectivity index is 1.48. The van der Waals surface area contributed by atoms with E-state index in [0.29, 0.717) is 12.6 Å². The highest BCUT2D eigenvalue weighted by Crippen LogP contribution is 2.27. The van der Waals surface area contributed by atoms with Crippen LogP contribution in [0.25, 0.3) is 0 Å². The van der Waals surface area contributed by atoms with E-state index in [2.05, 4.69) is 37.2 Å². The summed E-state index contributed by atoms with van der Waals surface area (Å²) in [7, 11) is 5.83. The minimum Gasteiger partial charge on any atom is -0.355 e. The molecule has 1 N–H and O–H groups in total. The van der Waals surface area contributed by atoms with Crippen LogP contribution in [0.2, 0.25) is 0 Å². The van der Waals surface area contributed by atoms with Gasteiger partial charge in [-0.05, 0) is 38.1 Å². The van der Waals surface area contributed by atoms with Crippen LogP contribution < -0.4 is 5.32 Å². The molecule has 1 unspecified atom stereocenters. The zero-order valence-corrected chi connectivity index (χ0v) is 16.7. The van der Waals surface area contributed by atoms with E-state index in [1.54, 1.807) is 6.33 Å². The number of nitrogens with zero attached hydrogens (tertiary/aromatic N) is 6. The Bertz CT molecular complexity index is 576. The number of nitrogens with one attached hydrogen (secondary N) is 1. The van der Waals surface area contributed by atoms with E-state index < -0.39 is 0 Å². The minimum atomic E-state index is 0.636. The summed E-state index contributed by atoms with van der Waals surface area (Å²) in [4.78, 5) is 13.6. The number of aromatic nitrogens is 3. The van der Waals surface area contributed by atoms with Crippen LogP contribution in [0.3, 0.4) is 0 Å². The SMILES string of the molecule is CN=C(NCC1CCCN1CC1CCCCC1)N(C)Cc1ncnn1C. The van der Waals surface area contributed by atoms with Crippen molar-refractivity contribution in [2.75, 3.05) is 33.7 Å². The third kappa shape index (κ3) is 4.96. The van der Waals surface area contributed by atoms with Gasteiger partial charge in [-0.3, -0.25) is 14.6 Å². The molecular weight excluding hydrogens is 326 g/mol. The van der Waals surface area contributed by atoms with Gasteiger partial charge in [0.2, 0.25) is 0 Å². The lowest BCUT2D eigenvalue weighted by molar-refractivity contribution is 0.187.